The Bertz CT molecular complexity index is 1570. The first kappa shape index (κ1) is 32.7. The maximum absolute atomic E-state index is 13.0. The molecule has 2 aromatic carbocycles. The van der Waals surface area contributed by atoms with E-state index >= 15 is 0 Å². The fourth-order valence-corrected chi connectivity index (χ4v) is 5.15. The normalized spacial score (nSPS) is 31.9. The van der Waals surface area contributed by atoms with Crippen LogP contribution in [0.4, 0.5) is 0 Å². The van der Waals surface area contributed by atoms with Gasteiger partial charge in [-0.3, -0.25) is 4.79 Å². The molecule has 2 saturated heterocycles. The summed E-state index contributed by atoms with van der Waals surface area (Å²) in [6.07, 6.45) is -15.4. The number of phenols is 2. The molecule has 16 nitrogen and oxygen atoms in total. The number of fused-ring (bicyclic) bond motifs is 1. The third-order valence-corrected chi connectivity index (χ3v) is 7.73. The zero-order valence-electron chi connectivity index (χ0n) is 24.2. The highest BCUT2D eigenvalue weighted by molar-refractivity contribution is 5.89. The van der Waals surface area contributed by atoms with Crippen molar-refractivity contribution >= 4 is 11.0 Å². The van der Waals surface area contributed by atoms with Gasteiger partial charge in [0.05, 0.1) is 26.9 Å². The van der Waals surface area contributed by atoms with Crippen LogP contribution in [0.3, 0.4) is 0 Å². The smallest absolute Gasteiger partial charge is 0.229 e. The summed E-state index contributed by atoms with van der Waals surface area (Å²) in [4.78, 5) is 13.0. The zero-order valence-corrected chi connectivity index (χ0v) is 24.2. The number of ether oxygens (including phenoxy) is 6. The number of hydrogen-bond donors (Lipinski definition) is 8. The molecule has 0 amide bonds. The highest BCUT2D eigenvalue weighted by atomic mass is 16.7. The van der Waals surface area contributed by atoms with E-state index in [-0.39, 0.29) is 39.7 Å². The van der Waals surface area contributed by atoms with Crippen LogP contribution in [0.15, 0.2) is 39.5 Å². The Kier molecular flexibility index (Phi) is 9.41. The predicted molar refractivity (Wildman–Crippen MR) is 150 cm³/mol. The zero-order chi connectivity index (χ0) is 32.7. The summed E-state index contributed by atoms with van der Waals surface area (Å²) in [5.41, 5.74) is -0.530. The number of phenolic OH excluding ortho intramolecular Hbond substituents is 2. The number of aliphatic hydroxyl groups excluding tert-OH is 6. The van der Waals surface area contributed by atoms with Crippen molar-refractivity contribution in [3.05, 3.63) is 40.6 Å². The van der Waals surface area contributed by atoms with Gasteiger partial charge in [-0.05, 0) is 25.1 Å². The first-order valence-electron chi connectivity index (χ1n) is 13.8. The van der Waals surface area contributed by atoms with Crippen LogP contribution in [0.1, 0.15) is 6.92 Å². The second-order valence-corrected chi connectivity index (χ2v) is 10.6. The lowest BCUT2D eigenvalue weighted by molar-refractivity contribution is -0.318. The van der Waals surface area contributed by atoms with Gasteiger partial charge in [0.15, 0.2) is 34.7 Å². The fourth-order valence-electron chi connectivity index (χ4n) is 5.15. The van der Waals surface area contributed by atoms with E-state index in [4.69, 9.17) is 32.8 Å². The van der Waals surface area contributed by atoms with Crippen molar-refractivity contribution in [2.24, 2.45) is 0 Å². The molecule has 3 aromatic rings. The molecule has 2 aliphatic heterocycles. The number of rotatable bonds is 8. The van der Waals surface area contributed by atoms with E-state index < -0.39 is 79.2 Å². The van der Waals surface area contributed by atoms with Crippen LogP contribution < -0.4 is 19.6 Å². The van der Waals surface area contributed by atoms with Crippen molar-refractivity contribution in [3.63, 3.8) is 0 Å². The van der Waals surface area contributed by atoms with Gasteiger partial charge >= 0.3 is 0 Å². The summed E-state index contributed by atoms with van der Waals surface area (Å²) >= 11 is 0. The molecule has 0 radical (unpaired) electrons. The lowest BCUT2D eigenvalue weighted by atomic mass is 9.98. The highest BCUT2D eigenvalue weighted by Gasteiger charge is 2.47. The van der Waals surface area contributed by atoms with Gasteiger partial charge in [0, 0.05) is 17.7 Å². The Morgan fingerprint density at radius 3 is 2.13 bits per heavy atom. The summed E-state index contributed by atoms with van der Waals surface area (Å²) in [6.45, 7) is 0.916. The van der Waals surface area contributed by atoms with Crippen molar-refractivity contribution in [1.82, 2.24) is 0 Å². The Morgan fingerprint density at radius 1 is 0.778 bits per heavy atom. The SMILES string of the molecule is COc1ccc(-c2cc(=O)c3c(O)c(OC)c(O[C@@H]4O[C@H](CO[C@@H]5O[C@@H](C)[C@H](O)[C@@H](O)[C@H]5O)[C@@H](O)[C@H](O)[C@H]4O)cc3o2)cc1O. The largest absolute Gasteiger partial charge is 0.504 e. The second-order valence-electron chi connectivity index (χ2n) is 10.6. The molecule has 0 unspecified atom stereocenters. The van der Waals surface area contributed by atoms with Gasteiger partial charge in [-0.25, -0.2) is 0 Å². The first-order valence-corrected chi connectivity index (χ1v) is 13.8. The van der Waals surface area contributed by atoms with Gasteiger partial charge < -0.3 is 73.7 Å². The Balaban J connectivity index is 1.42. The lowest BCUT2D eigenvalue weighted by Gasteiger charge is -2.42. The first-order chi connectivity index (χ1) is 21.4. The molecule has 10 atom stereocenters. The summed E-state index contributed by atoms with van der Waals surface area (Å²) < 4.78 is 38.4. The van der Waals surface area contributed by atoms with E-state index in [1.54, 1.807) is 0 Å². The molecule has 2 fully saturated rings. The van der Waals surface area contributed by atoms with E-state index in [0.29, 0.717) is 5.56 Å². The van der Waals surface area contributed by atoms with Gasteiger partial charge in [-0.2, -0.15) is 0 Å². The van der Waals surface area contributed by atoms with Crippen LogP contribution in [0.5, 0.6) is 28.7 Å². The summed E-state index contributed by atoms with van der Waals surface area (Å²) in [7, 11) is 2.55. The molecule has 16 heteroatoms. The van der Waals surface area contributed by atoms with Crippen molar-refractivity contribution < 1.29 is 73.7 Å². The molecule has 5 rings (SSSR count). The molecule has 1 aromatic heterocycles. The quantitative estimate of drug-likeness (QED) is 0.146. The molecule has 0 aliphatic carbocycles. The van der Waals surface area contributed by atoms with Gasteiger partial charge in [0.1, 0.15) is 59.5 Å². The number of methoxy groups -OCH3 is 2. The van der Waals surface area contributed by atoms with Gasteiger partial charge in [0.25, 0.3) is 0 Å². The number of aromatic hydroxyl groups is 2. The Hall–Kier alpha value is -3.71. The lowest BCUT2D eigenvalue weighted by Crippen LogP contribution is -2.61. The maximum Gasteiger partial charge on any atom is 0.229 e. The summed E-state index contributed by atoms with van der Waals surface area (Å²) in [5, 5.41) is 82.7. The number of aliphatic hydroxyl groups is 6. The molecule has 246 valence electrons. The van der Waals surface area contributed by atoms with Crippen LogP contribution in [0.25, 0.3) is 22.3 Å². The van der Waals surface area contributed by atoms with Crippen LogP contribution in [0, 0.1) is 0 Å². The van der Waals surface area contributed by atoms with E-state index in [0.717, 1.165) is 6.07 Å². The molecule has 2 aliphatic rings. The van der Waals surface area contributed by atoms with Crippen molar-refractivity contribution in [3.8, 4) is 40.1 Å². The molecular formula is C29H34O16. The third kappa shape index (κ3) is 6.11. The van der Waals surface area contributed by atoms with E-state index in [1.165, 1.54) is 45.4 Å². The fraction of sp³-hybridized carbons (Fsp3) is 0.483. The molecule has 8 N–H and O–H groups in total. The molecule has 0 saturated carbocycles. The van der Waals surface area contributed by atoms with Crippen molar-refractivity contribution in [2.45, 2.75) is 68.3 Å². The van der Waals surface area contributed by atoms with E-state index in [2.05, 4.69) is 0 Å². The average Bonchev–Trinajstić information content (AvgIpc) is 3.01. The Morgan fingerprint density at radius 2 is 1.47 bits per heavy atom. The van der Waals surface area contributed by atoms with E-state index in [1.807, 2.05) is 0 Å². The number of benzene rings is 2. The monoisotopic (exact) mass is 638 g/mol. The predicted octanol–water partition coefficient (Wildman–Crippen LogP) is -1.08. The third-order valence-electron chi connectivity index (χ3n) is 7.73. The van der Waals surface area contributed by atoms with Crippen LogP contribution in [0.2, 0.25) is 0 Å². The average molecular weight is 639 g/mol. The van der Waals surface area contributed by atoms with Crippen molar-refractivity contribution in [2.75, 3.05) is 20.8 Å². The van der Waals surface area contributed by atoms with Gasteiger partial charge in [0.2, 0.25) is 12.0 Å². The summed E-state index contributed by atoms with van der Waals surface area (Å²) in [6, 6.07) is 6.59. The van der Waals surface area contributed by atoms with Gasteiger partial charge in [-0.15, -0.1) is 0 Å². The minimum atomic E-state index is -1.84. The molecule has 0 spiro atoms. The van der Waals surface area contributed by atoms with E-state index in [9.17, 15) is 45.6 Å². The topological polar surface area (TPSA) is 247 Å². The van der Waals surface area contributed by atoms with Crippen LogP contribution >= 0.6 is 0 Å². The molecule has 45 heavy (non-hydrogen) atoms. The molecule has 0 bridgehead atoms. The second kappa shape index (κ2) is 13.0. The minimum Gasteiger partial charge on any atom is -0.504 e. The minimum absolute atomic E-state index is 0.0183. The van der Waals surface area contributed by atoms with Crippen molar-refractivity contribution in [1.29, 1.82) is 0 Å². The molecule has 3 heterocycles. The van der Waals surface area contributed by atoms with Crippen LogP contribution in [-0.4, -0.2) is 123 Å². The molecular weight excluding hydrogens is 604 g/mol. The maximum atomic E-state index is 13.0. The summed E-state index contributed by atoms with van der Waals surface area (Å²) in [5.74, 6) is -1.29. The standard InChI is InChI=1S/C29H34O16/c1-10-20(32)23(35)25(37)28(42-10)41-9-18-21(33)24(36)26(38)29(45-18)44-17-8-16-19(22(34)27(17)40-3)13(31)7-15(43-16)11-4-5-14(39-2)12(30)6-11/h4-8,10,18,20-21,23-26,28-30,32-38H,9H2,1-3H3/t10-,18+,20-,21+,23+,24-,25+,26+,28+,29+/m0/s1. The Labute approximate surface area is 254 Å². The van der Waals surface area contributed by atoms with Crippen LogP contribution in [-0.2, 0) is 14.2 Å². The van der Waals surface area contributed by atoms with Gasteiger partial charge in [-0.1, -0.05) is 0 Å². The highest BCUT2D eigenvalue weighted by Crippen LogP contribution is 2.44. The number of hydrogen-bond acceptors (Lipinski definition) is 16.